The van der Waals surface area contributed by atoms with Crippen molar-refractivity contribution in [1.82, 2.24) is 9.88 Å². The minimum absolute atomic E-state index is 0.194. The molecule has 0 unspecified atom stereocenters. The van der Waals surface area contributed by atoms with E-state index in [1.54, 1.807) is 17.0 Å². The highest BCUT2D eigenvalue weighted by Gasteiger charge is 2.26. The van der Waals surface area contributed by atoms with Crippen LogP contribution in [0.3, 0.4) is 0 Å². The van der Waals surface area contributed by atoms with E-state index in [1.165, 1.54) is 27.7 Å². The van der Waals surface area contributed by atoms with E-state index < -0.39 is 0 Å². The summed E-state index contributed by atoms with van der Waals surface area (Å²) < 4.78 is 26.8. The van der Waals surface area contributed by atoms with Crippen molar-refractivity contribution < 1.29 is 28.2 Å². The van der Waals surface area contributed by atoms with Gasteiger partial charge in [0.1, 0.15) is 0 Å². The number of ether oxygens (including phenoxy) is 4. The zero-order valence-electron chi connectivity index (χ0n) is 14.4. The van der Waals surface area contributed by atoms with Crippen LogP contribution in [0.25, 0.3) is 11.3 Å². The summed E-state index contributed by atoms with van der Waals surface area (Å²) in [6.45, 7) is 2.09. The van der Waals surface area contributed by atoms with Crippen molar-refractivity contribution in [2.24, 2.45) is 0 Å². The smallest absolute Gasteiger partial charge is 0.276 e. The molecular weight excluding hydrogens is 328 g/mol. The summed E-state index contributed by atoms with van der Waals surface area (Å²) in [5.41, 5.74) is 0.861. The molecule has 3 rings (SSSR count). The maximum Gasteiger partial charge on any atom is 0.276 e. The van der Waals surface area contributed by atoms with Crippen LogP contribution in [0.4, 0.5) is 0 Å². The molecule has 8 nitrogen and oxygen atoms in total. The lowest BCUT2D eigenvalue weighted by molar-refractivity contribution is 0.0299. The van der Waals surface area contributed by atoms with E-state index in [4.69, 9.17) is 23.4 Å². The quantitative estimate of drug-likeness (QED) is 0.815. The number of amides is 1. The lowest BCUT2D eigenvalue weighted by Gasteiger charge is -2.26. The second-order valence-electron chi connectivity index (χ2n) is 5.35. The van der Waals surface area contributed by atoms with Gasteiger partial charge in [-0.3, -0.25) is 4.79 Å². The molecule has 1 saturated heterocycles. The Labute approximate surface area is 145 Å². The van der Waals surface area contributed by atoms with Crippen LogP contribution in [0, 0.1) is 0 Å². The number of morpholine rings is 1. The molecule has 8 heteroatoms. The number of benzene rings is 1. The zero-order valence-corrected chi connectivity index (χ0v) is 14.4. The first kappa shape index (κ1) is 17.1. The number of nitrogens with zero attached hydrogens (tertiary/aromatic N) is 2. The fraction of sp³-hybridized carbons (Fsp3) is 0.412. The predicted molar refractivity (Wildman–Crippen MR) is 88.3 cm³/mol. The molecule has 1 aromatic heterocycles. The van der Waals surface area contributed by atoms with E-state index in [2.05, 4.69) is 4.98 Å². The molecule has 1 amide bonds. The third-order valence-electron chi connectivity index (χ3n) is 4.00. The predicted octanol–water partition coefficient (Wildman–Crippen LogP) is 1.84. The number of rotatable bonds is 5. The van der Waals surface area contributed by atoms with Crippen LogP contribution < -0.4 is 14.2 Å². The maximum absolute atomic E-state index is 12.7. The fourth-order valence-corrected chi connectivity index (χ4v) is 2.73. The molecule has 0 aliphatic carbocycles. The van der Waals surface area contributed by atoms with Crippen LogP contribution in [0.15, 0.2) is 22.9 Å². The van der Waals surface area contributed by atoms with Crippen molar-refractivity contribution in [3.05, 3.63) is 24.2 Å². The van der Waals surface area contributed by atoms with Gasteiger partial charge in [-0.05, 0) is 12.1 Å². The number of oxazole rings is 1. The van der Waals surface area contributed by atoms with Crippen LogP contribution in [-0.4, -0.2) is 63.4 Å². The molecular formula is C17H20N2O6. The van der Waals surface area contributed by atoms with Gasteiger partial charge in [-0.1, -0.05) is 0 Å². The van der Waals surface area contributed by atoms with Gasteiger partial charge in [0.25, 0.3) is 5.91 Å². The van der Waals surface area contributed by atoms with E-state index in [1.807, 2.05) is 0 Å². The Morgan fingerprint density at radius 2 is 1.72 bits per heavy atom. The molecule has 1 aromatic carbocycles. The highest BCUT2D eigenvalue weighted by Crippen LogP contribution is 2.41. The molecule has 2 aromatic rings. The maximum atomic E-state index is 12.7. The van der Waals surface area contributed by atoms with E-state index >= 15 is 0 Å². The summed E-state index contributed by atoms with van der Waals surface area (Å²) in [7, 11) is 4.59. The second-order valence-corrected chi connectivity index (χ2v) is 5.35. The Hall–Kier alpha value is -2.74. The van der Waals surface area contributed by atoms with Gasteiger partial charge in [0.05, 0.1) is 34.5 Å². The number of carbonyl (C=O) groups excluding carboxylic acids is 1. The third kappa shape index (κ3) is 3.25. The van der Waals surface area contributed by atoms with E-state index in [0.717, 1.165) is 0 Å². The third-order valence-corrected chi connectivity index (χ3v) is 4.00. The summed E-state index contributed by atoms with van der Waals surface area (Å²) >= 11 is 0. The van der Waals surface area contributed by atoms with Crippen molar-refractivity contribution in [1.29, 1.82) is 0 Å². The fourth-order valence-electron chi connectivity index (χ4n) is 2.73. The molecule has 134 valence electrons. The van der Waals surface area contributed by atoms with Gasteiger partial charge in [0.15, 0.2) is 29.3 Å². The van der Waals surface area contributed by atoms with Crippen LogP contribution in [0.1, 0.15) is 10.5 Å². The van der Waals surface area contributed by atoms with Gasteiger partial charge < -0.3 is 28.3 Å². The Kier molecular flexibility index (Phi) is 5.08. The molecule has 0 radical (unpaired) electrons. The zero-order chi connectivity index (χ0) is 17.8. The number of hydrogen-bond donors (Lipinski definition) is 0. The van der Waals surface area contributed by atoms with Crippen molar-refractivity contribution in [3.8, 4) is 28.6 Å². The van der Waals surface area contributed by atoms with Gasteiger partial charge in [0.2, 0.25) is 5.75 Å². The molecule has 0 atom stereocenters. The molecule has 25 heavy (non-hydrogen) atoms. The van der Waals surface area contributed by atoms with Crippen molar-refractivity contribution in [2.75, 3.05) is 47.6 Å². The number of hydrogen-bond acceptors (Lipinski definition) is 7. The van der Waals surface area contributed by atoms with Gasteiger partial charge in [-0.2, -0.15) is 0 Å². The van der Waals surface area contributed by atoms with Crippen LogP contribution in [-0.2, 0) is 4.74 Å². The molecule has 1 aliphatic rings. The highest BCUT2D eigenvalue weighted by atomic mass is 16.5. The average molecular weight is 348 g/mol. The van der Waals surface area contributed by atoms with Gasteiger partial charge in [-0.15, -0.1) is 0 Å². The average Bonchev–Trinajstić information content (AvgIpc) is 3.16. The van der Waals surface area contributed by atoms with Gasteiger partial charge >= 0.3 is 0 Å². The summed E-state index contributed by atoms with van der Waals surface area (Å²) in [6, 6.07) is 3.44. The van der Waals surface area contributed by atoms with Gasteiger partial charge in [0, 0.05) is 18.7 Å². The number of methoxy groups -OCH3 is 3. The lowest BCUT2D eigenvalue weighted by Crippen LogP contribution is -2.41. The standard InChI is InChI=1S/C17H20N2O6/c1-21-12-8-11(9-13(22-2)16(12)23-3)15-14(18-10-25-15)17(20)19-4-6-24-7-5-19/h8-10H,4-7H2,1-3H3. The van der Waals surface area contributed by atoms with Crippen LogP contribution in [0.2, 0.25) is 0 Å². The Balaban J connectivity index is 2.00. The first-order chi connectivity index (χ1) is 12.2. The first-order valence-electron chi connectivity index (χ1n) is 7.80. The number of aromatic nitrogens is 1. The van der Waals surface area contributed by atoms with E-state index in [0.29, 0.717) is 54.9 Å². The van der Waals surface area contributed by atoms with Crippen molar-refractivity contribution in [3.63, 3.8) is 0 Å². The molecule has 0 spiro atoms. The van der Waals surface area contributed by atoms with Crippen molar-refractivity contribution in [2.45, 2.75) is 0 Å². The highest BCUT2D eigenvalue weighted by molar-refractivity contribution is 5.98. The molecule has 1 aliphatic heterocycles. The molecule has 0 bridgehead atoms. The Morgan fingerprint density at radius 1 is 1.08 bits per heavy atom. The topological polar surface area (TPSA) is 83.3 Å². The molecule has 2 heterocycles. The molecule has 1 fully saturated rings. The summed E-state index contributed by atoms with van der Waals surface area (Å²) in [5.74, 6) is 1.57. The van der Waals surface area contributed by atoms with Crippen molar-refractivity contribution >= 4 is 5.91 Å². The monoisotopic (exact) mass is 348 g/mol. The SMILES string of the molecule is COc1cc(-c2ocnc2C(=O)N2CCOCC2)cc(OC)c1OC. The Morgan fingerprint density at radius 3 is 2.28 bits per heavy atom. The van der Waals surface area contributed by atoms with E-state index in [9.17, 15) is 4.79 Å². The summed E-state index contributed by atoms with van der Waals surface area (Å²) in [4.78, 5) is 18.6. The number of carbonyl (C=O) groups is 1. The molecule has 0 N–H and O–H groups in total. The van der Waals surface area contributed by atoms with Crippen LogP contribution in [0.5, 0.6) is 17.2 Å². The minimum Gasteiger partial charge on any atom is -0.493 e. The Bertz CT molecular complexity index is 726. The summed E-state index contributed by atoms with van der Waals surface area (Å²) in [5, 5.41) is 0. The van der Waals surface area contributed by atoms with E-state index in [-0.39, 0.29) is 11.6 Å². The van der Waals surface area contributed by atoms with Crippen LogP contribution >= 0.6 is 0 Å². The lowest BCUT2D eigenvalue weighted by atomic mass is 10.1. The van der Waals surface area contributed by atoms with Gasteiger partial charge in [-0.25, -0.2) is 4.98 Å². The first-order valence-corrected chi connectivity index (χ1v) is 7.80. The second kappa shape index (κ2) is 7.43. The normalized spacial score (nSPS) is 14.3. The molecule has 0 saturated carbocycles. The largest absolute Gasteiger partial charge is 0.493 e. The summed E-state index contributed by atoms with van der Waals surface area (Å²) in [6.07, 6.45) is 1.26. The minimum atomic E-state index is -0.194.